The molecule has 0 fully saturated rings. The molecule has 0 saturated heterocycles. The van der Waals surface area contributed by atoms with Gasteiger partial charge in [-0.1, -0.05) is 114 Å². The molecule has 3 aromatic rings. The maximum atomic E-state index is 12.4. The average molecular weight is 660 g/mol. The summed E-state index contributed by atoms with van der Waals surface area (Å²) in [6.45, 7) is 5.85. The van der Waals surface area contributed by atoms with Crippen molar-refractivity contribution in [3.05, 3.63) is 70.7 Å². The summed E-state index contributed by atoms with van der Waals surface area (Å²) in [6, 6.07) is 15.5. The van der Waals surface area contributed by atoms with Gasteiger partial charge in [-0.25, -0.2) is 0 Å². The molecule has 1 heterocycles. The fourth-order valence-electron chi connectivity index (χ4n) is 4.95. The van der Waals surface area contributed by atoms with Crippen LogP contribution in [0.15, 0.2) is 60.2 Å². The topological polar surface area (TPSA) is 51.4 Å². The van der Waals surface area contributed by atoms with Crippen LogP contribution in [0.1, 0.15) is 107 Å². The molecule has 0 saturated carbocycles. The number of halogens is 1. The number of hydrogen-bond acceptors (Lipinski definition) is 4. The zero-order valence-corrected chi connectivity index (χ0v) is 28.2. The minimum Gasteiger partial charge on any atom is -1.00 e. The van der Waals surface area contributed by atoms with Crippen LogP contribution in [-0.4, -0.2) is 19.1 Å². The number of carbonyl (C=O) groups excluding carboxylic acids is 1. The van der Waals surface area contributed by atoms with Crippen LogP contribution < -0.4 is 36.3 Å². The van der Waals surface area contributed by atoms with Gasteiger partial charge in [0.1, 0.15) is 11.5 Å². The van der Waals surface area contributed by atoms with Gasteiger partial charge in [0, 0.05) is 11.3 Å². The molecule has 7 heteroatoms. The van der Waals surface area contributed by atoms with Crippen LogP contribution in [0.4, 0.5) is 5.69 Å². The lowest BCUT2D eigenvalue weighted by Crippen LogP contribution is -3.00. The second-order valence-electron chi connectivity index (χ2n) is 11.1. The van der Waals surface area contributed by atoms with Gasteiger partial charge >= 0.3 is 0 Å². The largest absolute Gasteiger partial charge is 1.00 e. The molecule has 3 rings (SSSR count). The monoisotopic (exact) mass is 658 g/mol. The Hall–Kier alpha value is -2.38. The predicted octanol–water partition coefficient (Wildman–Crippen LogP) is 6.27. The van der Waals surface area contributed by atoms with E-state index in [-0.39, 0.29) is 29.5 Å². The second-order valence-corrected chi connectivity index (χ2v) is 12.2. The average Bonchev–Trinajstić information content (AvgIpc) is 3.39. The Bertz CT molecular complexity index is 1120. The molecule has 5 nitrogen and oxygen atoms in total. The van der Waals surface area contributed by atoms with Crippen molar-refractivity contribution >= 4 is 22.9 Å². The molecule has 2 aromatic carbocycles. The van der Waals surface area contributed by atoms with Gasteiger partial charge in [-0.05, 0) is 49.7 Å². The van der Waals surface area contributed by atoms with Crippen LogP contribution in [-0.2, 0) is 11.3 Å². The maximum absolute atomic E-state index is 12.4. The number of unbranched alkanes of at least 4 members (excludes halogenated alkanes) is 13. The highest BCUT2D eigenvalue weighted by Gasteiger charge is 2.08. The molecule has 0 aliphatic carbocycles. The van der Waals surface area contributed by atoms with Crippen LogP contribution in [0, 0.1) is 6.92 Å². The van der Waals surface area contributed by atoms with E-state index in [1.807, 2.05) is 42.5 Å². The van der Waals surface area contributed by atoms with E-state index in [0.29, 0.717) is 5.75 Å². The van der Waals surface area contributed by atoms with Gasteiger partial charge in [0.2, 0.25) is 5.51 Å². The molecule has 232 valence electrons. The fraction of sp³-hybridized carbons (Fsp3) is 0.543. The first-order chi connectivity index (χ1) is 20.1. The number of rotatable bonds is 22. The zero-order chi connectivity index (χ0) is 29.0. The number of ether oxygens (including phenoxy) is 2. The smallest absolute Gasteiger partial charge is 0.262 e. The van der Waals surface area contributed by atoms with Gasteiger partial charge in [0.15, 0.2) is 19.3 Å². The van der Waals surface area contributed by atoms with E-state index in [1.165, 1.54) is 88.3 Å². The Morgan fingerprint density at radius 1 is 0.786 bits per heavy atom. The normalized spacial score (nSPS) is 10.7. The lowest BCUT2D eigenvalue weighted by Gasteiger charge is -2.10. The number of aromatic nitrogens is 1. The van der Waals surface area contributed by atoms with Crippen LogP contribution in [0.25, 0.3) is 0 Å². The van der Waals surface area contributed by atoms with E-state index in [1.54, 1.807) is 11.3 Å². The lowest BCUT2D eigenvalue weighted by atomic mass is 10.0. The molecule has 1 amide bonds. The number of nitrogens with zero attached hydrogens (tertiary/aromatic N) is 1. The van der Waals surface area contributed by atoms with Crippen molar-refractivity contribution in [3.8, 4) is 11.5 Å². The molecular weight excluding hydrogens is 608 g/mol. The van der Waals surface area contributed by atoms with E-state index >= 15 is 0 Å². The van der Waals surface area contributed by atoms with Gasteiger partial charge < -0.3 is 31.8 Å². The first-order valence-electron chi connectivity index (χ1n) is 15.8. The van der Waals surface area contributed by atoms with E-state index in [2.05, 4.69) is 41.5 Å². The third-order valence-electron chi connectivity index (χ3n) is 7.26. The van der Waals surface area contributed by atoms with Crippen molar-refractivity contribution in [1.29, 1.82) is 0 Å². The quantitative estimate of drug-likeness (QED) is 0.102. The van der Waals surface area contributed by atoms with Gasteiger partial charge in [-0.3, -0.25) is 4.79 Å². The number of hydrogen-bond donors (Lipinski definition) is 1. The minimum atomic E-state index is -0.181. The van der Waals surface area contributed by atoms with E-state index in [9.17, 15) is 4.79 Å². The number of carbonyl (C=O) groups is 1. The zero-order valence-electron chi connectivity index (χ0n) is 25.8. The van der Waals surface area contributed by atoms with Crippen LogP contribution in [0.2, 0.25) is 0 Å². The summed E-state index contributed by atoms with van der Waals surface area (Å²) >= 11 is 1.72. The van der Waals surface area contributed by atoms with Gasteiger partial charge in [0.05, 0.1) is 11.5 Å². The first-order valence-corrected chi connectivity index (χ1v) is 16.7. The molecule has 42 heavy (non-hydrogen) atoms. The second kappa shape index (κ2) is 22.2. The predicted molar refractivity (Wildman–Crippen MR) is 171 cm³/mol. The maximum Gasteiger partial charge on any atom is 0.262 e. The third-order valence-corrected chi connectivity index (χ3v) is 8.11. The van der Waals surface area contributed by atoms with Crippen molar-refractivity contribution in [2.45, 2.75) is 110 Å². The SMILES string of the molecule is CCCCCCCCCCCCCCCCOc1ccc(OCC(=O)Nc2cccc(C[n+]3csc(C)c3)c2)cc1.[Br-]. The van der Waals surface area contributed by atoms with Gasteiger partial charge in [0.25, 0.3) is 5.91 Å². The van der Waals surface area contributed by atoms with Crippen molar-refractivity contribution in [3.63, 3.8) is 0 Å². The third kappa shape index (κ3) is 15.7. The van der Waals surface area contributed by atoms with Crippen molar-refractivity contribution < 1.29 is 35.8 Å². The number of benzene rings is 2. The summed E-state index contributed by atoms with van der Waals surface area (Å²) in [4.78, 5) is 13.7. The summed E-state index contributed by atoms with van der Waals surface area (Å²) in [7, 11) is 0. The molecule has 1 N–H and O–H groups in total. The lowest BCUT2D eigenvalue weighted by molar-refractivity contribution is -0.683. The molecule has 0 unspecified atom stereocenters. The highest BCUT2D eigenvalue weighted by molar-refractivity contribution is 7.09. The van der Waals surface area contributed by atoms with Gasteiger partial charge in [-0.15, -0.1) is 0 Å². The van der Waals surface area contributed by atoms with Crippen molar-refractivity contribution in [1.82, 2.24) is 0 Å². The number of amides is 1. The molecule has 0 aliphatic rings. The molecule has 0 bridgehead atoms. The Balaban J connectivity index is 0.00000616. The molecule has 0 atom stereocenters. The van der Waals surface area contributed by atoms with Crippen LogP contribution >= 0.6 is 11.3 Å². The van der Waals surface area contributed by atoms with Crippen molar-refractivity contribution in [2.75, 3.05) is 18.5 Å². The summed E-state index contributed by atoms with van der Waals surface area (Å²) in [5.41, 5.74) is 4.01. The highest BCUT2D eigenvalue weighted by Crippen LogP contribution is 2.19. The van der Waals surface area contributed by atoms with E-state index in [4.69, 9.17) is 9.47 Å². The van der Waals surface area contributed by atoms with Crippen LogP contribution in [0.3, 0.4) is 0 Å². The molecule has 1 aromatic heterocycles. The highest BCUT2D eigenvalue weighted by atomic mass is 79.9. The molecule has 0 radical (unpaired) electrons. The number of anilines is 1. The summed E-state index contributed by atoms with van der Waals surface area (Å²) in [5.74, 6) is 1.31. The van der Waals surface area contributed by atoms with E-state index in [0.717, 1.165) is 36.6 Å². The summed E-state index contributed by atoms with van der Waals surface area (Å²) in [5, 5.41) is 2.93. The van der Waals surface area contributed by atoms with Gasteiger partial charge in [-0.2, -0.15) is 4.57 Å². The number of nitrogens with one attached hydrogen (secondary N) is 1. The molecule has 0 aliphatic heterocycles. The first kappa shape index (κ1) is 35.8. The summed E-state index contributed by atoms with van der Waals surface area (Å²) in [6.07, 6.45) is 21.1. The number of thiazole rings is 1. The fourth-order valence-corrected chi connectivity index (χ4v) is 5.58. The number of aryl methyl sites for hydroxylation is 1. The Labute approximate surface area is 268 Å². The standard InChI is InChI=1S/C35H50N2O3S.BrH/c1-3-4-5-6-7-8-9-10-11-12-13-14-15-16-24-39-33-20-22-34(23-21-33)40-28-35(38)36-32-19-17-18-31(25-32)27-37-26-30(2)41-29-37;/h17-23,25-26,29H,3-16,24,27-28H2,1-2H3;1H. The molecular formula is C35H51BrN2O3S. The van der Waals surface area contributed by atoms with E-state index < -0.39 is 0 Å². The molecule has 0 spiro atoms. The van der Waals surface area contributed by atoms with Crippen molar-refractivity contribution in [2.24, 2.45) is 0 Å². The Kier molecular flexibility index (Phi) is 18.9. The Morgan fingerprint density at radius 2 is 1.36 bits per heavy atom. The summed E-state index contributed by atoms with van der Waals surface area (Å²) < 4.78 is 13.7. The Morgan fingerprint density at radius 3 is 1.93 bits per heavy atom. The minimum absolute atomic E-state index is 0. The van der Waals surface area contributed by atoms with Crippen LogP contribution in [0.5, 0.6) is 11.5 Å².